The molecule has 2 aliphatic rings. The summed E-state index contributed by atoms with van der Waals surface area (Å²) in [6.45, 7) is 2.13. The fraction of sp³-hybridized carbons (Fsp3) is 0.143. The summed E-state index contributed by atoms with van der Waals surface area (Å²) in [7, 11) is 0. The first-order valence-electron chi connectivity index (χ1n) is 6.70. The number of rotatable bonds is 2. The van der Waals surface area contributed by atoms with E-state index in [-0.39, 0.29) is 5.91 Å². The molecule has 1 N–H and O–H groups in total. The quantitative estimate of drug-likeness (QED) is 0.860. The minimum absolute atomic E-state index is 0.133. The van der Waals surface area contributed by atoms with Crippen LogP contribution in [0.3, 0.4) is 0 Å². The minimum atomic E-state index is -0.133. The molecule has 0 spiro atoms. The fourth-order valence-electron chi connectivity index (χ4n) is 2.29. The number of pyridine rings is 1. The van der Waals surface area contributed by atoms with Crippen LogP contribution in [0.1, 0.15) is 6.92 Å². The van der Waals surface area contributed by atoms with Gasteiger partial charge in [-0.05, 0) is 12.1 Å². The van der Waals surface area contributed by atoms with Gasteiger partial charge in [0.1, 0.15) is 16.2 Å². The molecule has 1 amide bonds. The van der Waals surface area contributed by atoms with Crippen LogP contribution in [0.2, 0.25) is 0 Å². The number of aliphatic imine (C=N–C) groups is 1. The second-order valence-corrected chi connectivity index (χ2v) is 5.85. The van der Waals surface area contributed by atoms with Crippen molar-refractivity contribution in [3.8, 4) is 0 Å². The molecule has 0 aromatic carbocycles. The highest BCUT2D eigenvalue weighted by Crippen LogP contribution is 2.27. The van der Waals surface area contributed by atoms with Gasteiger partial charge in [0.05, 0.1) is 6.20 Å². The number of carbonyl (C=O) groups is 1. The van der Waals surface area contributed by atoms with E-state index >= 15 is 0 Å². The van der Waals surface area contributed by atoms with Crippen molar-refractivity contribution in [2.75, 3.05) is 16.9 Å². The van der Waals surface area contributed by atoms with Gasteiger partial charge >= 0.3 is 0 Å². The second-order valence-electron chi connectivity index (χ2n) is 4.88. The van der Waals surface area contributed by atoms with Gasteiger partial charge in [0.25, 0.3) is 5.84 Å². The molecule has 4 heterocycles. The van der Waals surface area contributed by atoms with Crippen molar-refractivity contribution >= 4 is 44.4 Å². The van der Waals surface area contributed by atoms with Gasteiger partial charge in [0, 0.05) is 19.2 Å². The van der Waals surface area contributed by atoms with Gasteiger partial charge < -0.3 is 5.32 Å². The molecule has 0 unspecified atom stereocenters. The lowest BCUT2D eigenvalue weighted by Gasteiger charge is -2.21. The molecular weight excluding hydrogens is 300 g/mol. The molecule has 0 saturated carbocycles. The van der Waals surface area contributed by atoms with Crippen molar-refractivity contribution in [2.45, 2.75) is 6.92 Å². The van der Waals surface area contributed by atoms with Gasteiger partial charge in [0.2, 0.25) is 12.6 Å². The summed E-state index contributed by atoms with van der Waals surface area (Å²) in [6.07, 6.45) is 7.63. The molecular formula is C14H12N6OS+. The van der Waals surface area contributed by atoms with Crippen molar-refractivity contribution in [1.82, 2.24) is 14.9 Å². The van der Waals surface area contributed by atoms with E-state index in [0.717, 1.165) is 22.0 Å². The van der Waals surface area contributed by atoms with E-state index in [0.29, 0.717) is 11.8 Å². The van der Waals surface area contributed by atoms with E-state index < -0.39 is 0 Å². The summed E-state index contributed by atoms with van der Waals surface area (Å²) in [6, 6.07) is 3.84. The van der Waals surface area contributed by atoms with E-state index in [9.17, 15) is 4.79 Å². The van der Waals surface area contributed by atoms with Crippen LogP contribution in [0.25, 0.3) is 10.3 Å². The van der Waals surface area contributed by atoms with Crippen LogP contribution in [-0.2, 0) is 4.79 Å². The van der Waals surface area contributed by atoms with Crippen LogP contribution < -0.4 is 15.1 Å². The number of hydrogen-bond donors (Lipinski definition) is 1. The molecule has 2 aromatic rings. The Kier molecular flexibility index (Phi) is 2.98. The molecule has 1 radical (unpaired) electrons. The largest absolute Gasteiger partial charge is 0.302 e. The first kappa shape index (κ1) is 13.1. The number of fused-ring (bicyclic) bond motifs is 2. The molecule has 22 heavy (non-hydrogen) atoms. The van der Waals surface area contributed by atoms with Gasteiger partial charge in [-0.25, -0.2) is 9.97 Å². The smallest absolute Gasteiger partial charge is 0.284 e. The molecule has 109 valence electrons. The lowest BCUT2D eigenvalue weighted by Crippen LogP contribution is -2.42. The normalized spacial score (nSPS) is 17.0. The number of hydrogen-bond acceptors (Lipinski definition) is 7. The molecule has 0 fully saturated rings. The number of amidine groups is 1. The number of anilines is 2. The number of thiazole rings is 1. The first-order chi connectivity index (χ1) is 10.7. The Morgan fingerprint density at radius 3 is 3.18 bits per heavy atom. The lowest BCUT2D eigenvalue weighted by atomic mass is 10.3. The topological polar surface area (TPSA) is 76.4 Å². The maximum atomic E-state index is 11.1. The number of carbonyl (C=O) groups excluding carboxylic acids is 1. The van der Waals surface area contributed by atoms with E-state index in [4.69, 9.17) is 0 Å². The summed E-state index contributed by atoms with van der Waals surface area (Å²) in [5.41, 5.74) is 0.779. The molecule has 2 aliphatic heterocycles. The summed E-state index contributed by atoms with van der Waals surface area (Å²) < 4.78 is 0. The van der Waals surface area contributed by atoms with E-state index in [1.165, 1.54) is 18.3 Å². The number of nitrogens with zero attached hydrogens (tertiary/aromatic N) is 5. The Labute approximate surface area is 130 Å². The van der Waals surface area contributed by atoms with Gasteiger partial charge in [-0.1, -0.05) is 16.2 Å². The molecule has 0 atom stereocenters. The van der Waals surface area contributed by atoms with Gasteiger partial charge in [0.15, 0.2) is 11.3 Å². The zero-order chi connectivity index (χ0) is 15.1. The summed E-state index contributed by atoms with van der Waals surface area (Å²) >= 11 is 1.37. The van der Waals surface area contributed by atoms with E-state index in [1.807, 2.05) is 40.4 Å². The van der Waals surface area contributed by atoms with Crippen LogP contribution in [0.15, 0.2) is 41.8 Å². The monoisotopic (exact) mass is 312 g/mol. The lowest BCUT2D eigenvalue weighted by molar-refractivity contribution is -0.114. The standard InChI is InChI=1S/C14H12N6OS/c1-9(21)16-14-17-10-2-3-12(18-13(10)22-14)19-6-4-11-15-5-7-20(11)8-19/h2-7H,8H2,1H3,(H,16,17,21)/q+1. The summed E-state index contributed by atoms with van der Waals surface area (Å²) in [4.78, 5) is 29.2. The van der Waals surface area contributed by atoms with Crippen LogP contribution in [0.5, 0.6) is 0 Å². The predicted molar refractivity (Wildman–Crippen MR) is 86.9 cm³/mol. The number of amides is 1. The Morgan fingerprint density at radius 1 is 1.41 bits per heavy atom. The maximum Gasteiger partial charge on any atom is 0.284 e. The zero-order valence-corrected chi connectivity index (χ0v) is 12.5. The van der Waals surface area contributed by atoms with Crippen LogP contribution in [-0.4, -0.2) is 28.4 Å². The van der Waals surface area contributed by atoms with E-state index in [2.05, 4.69) is 20.3 Å². The van der Waals surface area contributed by atoms with Crippen molar-refractivity contribution in [1.29, 1.82) is 0 Å². The third-order valence-electron chi connectivity index (χ3n) is 3.27. The Morgan fingerprint density at radius 2 is 2.32 bits per heavy atom. The average Bonchev–Trinajstić information content (AvgIpc) is 3.10. The molecule has 8 heteroatoms. The molecule has 7 nitrogen and oxygen atoms in total. The first-order valence-corrected chi connectivity index (χ1v) is 7.52. The Balaban J connectivity index is 1.65. The number of nitrogens with one attached hydrogen (secondary N) is 1. The number of aromatic nitrogens is 2. The van der Waals surface area contributed by atoms with Gasteiger partial charge in [-0.15, -0.1) is 0 Å². The fourth-order valence-corrected chi connectivity index (χ4v) is 3.17. The van der Waals surface area contributed by atoms with Crippen LogP contribution in [0, 0.1) is 0 Å². The van der Waals surface area contributed by atoms with Gasteiger partial charge in [-0.2, -0.15) is 4.99 Å². The third-order valence-corrected chi connectivity index (χ3v) is 4.15. The molecule has 4 rings (SSSR count). The second kappa shape index (κ2) is 5.00. The Bertz CT molecular complexity index is 852. The summed E-state index contributed by atoms with van der Waals surface area (Å²) in [5, 5.41) is 3.26. The maximum absolute atomic E-state index is 11.1. The highest BCUT2D eigenvalue weighted by molar-refractivity contribution is 7.21. The highest BCUT2D eigenvalue weighted by Gasteiger charge is 2.30. The zero-order valence-electron chi connectivity index (χ0n) is 11.7. The molecule has 0 saturated heterocycles. The minimum Gasteiger partial charge on any atom is -0.302 e. The predicted octanol–water partition coefficient (Wildman–Crippen LogP) is 1.96. The molecule has 0 bridgehead atoms. The van der Waals surface area contributed by atoms with Crippen LogP contribution >= 0.6 is 11.3 Å². The van der Waals surface area contributed by atoms with Crippen molar-refractivity contribution in [3.05, 3.63) is 36.8 Å². The SMILES string of the molecule is CC(=O)Nc1nc2ccc(N3C=CC4=NC=C[N+]4C3)nc2s1. The van der Waals surface area contributed by atoms with Crippen molar-refractivity contribution < 1.29 is 4.79 Å². The third kappa shape index (κ3) is 2.28. The van der Waals surface area contributed by atoms with Crippen molar-refractivity contribution in [2.24, 2.45) is 4.99 Å². The van der Waals surface area contributed by atoms with Crippen molar-refractivity contribution in [3.63, 3.8) is 0 Å². The average molecular weight is 312 g/mol. The highest BCUT2D eigenvalue weighted by atomic mass is 32.1. The van der Waals surface area contributed by atoms with Crippen LogP contribution in [0.4, 0.5) is 10.9 Å². The summed E-state index contributed by atoms with van der Waals surface area (Å²) in [5.74, 6) is 1.63. The Hall–Kier alpha value is -2.58. The van der Waals surface area contributed by atoms with E-state index in [1.54, 1.807) is 6.20 Å². The molecule has 2 aromatic heterocycles. The van der Waals surface area contributed by atoms with Gasteiger partial charge in [-0.3, -0.25) is 9.69 Å². The molecule has 0 aliphatic carbocycles.